The second kappa shape index (κ2) is 4.53. The number of thiol groups is 1. The van der Waals surface area contributed by atoms with Gasteiger partial charge < -0.3 is 5.32 Å². The quantitative estimate of drug-likeness (QED) is 0.735. The topological polar surface area (TPSA) is 29.1 Å². The average Bonchev–Trinajstić information content (AvgIpc) is 2.26. The van der Waals surface area contributed by atoms with Crippen molar-refractivity contribution in [3.8, 4) is 0 Å². The van der Waals surface area contributed by atoms with E-state index in [0.717, 1.165) is 17.9 Å². The van der Waals surface area contributed by atoms with E-state index in [1.54, 1.807) is 0 Å². The summed E-state index contributed by atoms with van der Waals surface area (Å²) in [6.45, 7) is 0. The molecule has 0 saturated carbocycles. The predicted octanol–water partition coefficient (Wildman–Crippen LogP) is 2.51. The second-order valence-electron chi connectivity index (χ2n) is 3.55. The lowest BCUT2D eigenvalue weighted by Crippen LogP contribution is -2.18. The van der Waals surface area contributed by atoms with Crippen molar-refractivity contribution in [2.45, 2.75) is 12.8 Å². The van der Waals surface area contributed by atoms with Gasteiger partial charge in [0.05, 0.1) is 0 Å². The number of carbonyl (C=O) groups excluding carboxylic acids is 1. The predicted molar refractivity (Wildman–Crippen MR) is 66.3 cm³/mol. The van der Waals surface area contributed by atoms with Crippen molar-refractivity contribution >= 4 is 30.3 Å². The van der Waals surface area contributed by atoms with E-state index in [9.17, 15) is 4.79 Å². The Balaban J connectivity index is 2.26. The fraction of sp³-hybridized carbons (Fsp3) is 0.250. The van der Waals surface area contributed by atoms with Crippen LogP contribution >= 0.6 is 12.6 Å². The summed E-state index contributed by atoms with van der Waals surface area (Å²) in [5.74, 6) is 0.856. The van der Waals surface area contributed by atoms with E-state index in [0.29, 0.717) is 6.42 Å². The van der Waals surface area contributed by atoms with Crippen LogP contribution < -0.4 is 5.32 Å². The molecule has 1 aromatic rings. The first-order chi connectivity index (χ1) is 7.29. The van der Waals surface area contributed by atoms with Gasteiger partial charge in [-0.1, -0.05) is 18.2 Å². The fourth-order valence-electron chi connectivity index (χ4n) is 1.70. The molecule has 0 spiro atoms. The van der Waals surface area contributed by atoms with Crippen LogP contribution in [0.4, 0.5) is 5.69 Å². The zero-order chi connectivity index (χ0) is 10.7. The van der Waals surface area contributed by atoms with Crippen molar-refractivity contribution in [3.63, 3.8) is 0 Å². The highest BCUT2D eigenvalue weighted by Crippen LogP contribution is 2.23. The molecule has 0 unspecified atom stereocenters. The largest absolute Gasteiger partial charge is 0.326 e. The average molecular weight is 219 g/mol. The van der Waals surface area contributed by atoms with Crippen LogP contribution in [0.1, 0.15) is 17.5 Å². The maximum Gasteiger partial charge on any atom is 0.224 e. The number of hydrogen-bond acceptors (Lipinski definition) is 2. The Hall–Kier alpha value is -1.22. The normalized spacial score (nSPS) is 15.1. The van der Waals surface area contributed by atoms with Gasteiger partial charge in [-0.05, 0) is 29.7 Å². The molecule has 0 saturated heterocycles. The lowest BCUT2D eigenvalue weighted by molar-refractivity contribution is -0.116. The molecule has 0 fully saturated rings. The van der Waals surface area contributed by atoms with Gasteiger partial charge in [0.15, 0.2) is 0 Å². The molecule has 0 atom stereocenters. The van der Waals surface area contributed by atoms with E-state index in [1.807, 2.05) is 24.3 Å². The van der Waals surface area contributed by atoms with Crippen molar-refractivity contribution in [2.24, 2.45) is 0 Å². The minimum atomic E-state index is 0.112. The minimum Gasteiger partial charge on any atom is -0.326 e. The summed E-state index contributed by atoms with van der Waals surface area (Å²) in [7, 11) is 0. The molecular weight excluding hydrogens is 206 g/mol. The number of nitrogens with one attached hydrogen (secondary N) is 1. The smallest absolute Gasteiger partial charge is 0.224 e. The van der Waals surface area contributed by atoms with Crippen LogP contribution in [0.5, 0.6) is 0 Å². The molecular formula is C12H13NOS. The minimum absolute atomic E-state index is 0.112. The van der Waals surface area contributed by atoms with Crippen LogP contribution in [-0.4, -0.2) is 11.7 Å². The molecule has 78 valence electrons. The molecule has 2 nitrogen and oxygen atoms in total. The van der Waals surface area contributed by atoms with Gasteiger partial charge in [-0.15, -0.1) is 0 Å². The van der Waals surface area contributed by atoms with E-state index in [2.05, 4.69) is 24.0 Å². The Morgan fingerprint density at radius 3 is 3.07 bits per heavy atom. The summed E-state index contributed by atoms with van der Waals surface area (Å²) in [5.41, 5.74) is 3.34. The molecule has 1 heterocycles. The lowest BCUT2D eigenvalue weighted by Gasteiger charge is -2.16. The second-order valence-corrected chi connectivity index (χ2v) is 3.91. The Morgan fingerprint density at radius 1 is 1.40 bits per heavy atom. The van der Waals surface area contributed by atoms with E-state index in [4.69, 9.17) is 0 Å². The molecule has 0 radical (unpaired) electrons. The number of amides is 1. The Labute approximate surface area is 94.8 Å². The first-order valence-corrected chi connectivity index (χ1v) is 5.63. The Kier molecular flexibility index (Phi) is 3.11. The summed E-state index contributed by atoms with van der Waals surface area (Å²) in [4.78, 5) is 11.1. The number of rotatable bonds is 2. The SMILES string of the molecule is O=C1CCc2cc(C=CCS)ccc2N1. The van der Waals surface area contributed by atoms with Crippen molar-refractivity contribution in [2.75, 3.05) is 11.1 Å². The Bertz CT molecular complexity index is 412. The number of benzene rings is 1. The van der Waals surface area contributed by atoms with Crippen LogP contribution in [0, 0.1) is 0 Å². The van der Waals surface area contributed by atoms with E-state index in [-0.39, 0.29) is 5.91 Å². The van der Waals surface area contributed by atoms with Crippen LogP contribution in [0.15, 0.2) is 24.3 Å². The summed E-state index contributed by atoms with van der Waals surface area (Å²) >= 11 is 4.12. The first kappa shape index (κ1) is 10.3. The van der Waals surface area contributed by atoms with Gasteiger partial charge in [-0.3, -0.25) is 4.79 Å². The molecule has 0 aliphatic carbocycles. The molecule has 3 heteroatoms. The first-order valence-electron chi connectivity index (χ1n) is 5.00. The van der Waals surface area contributed by atoms with Gasteiger partial charge in [0.1, 0.15) is 0 Å². The Morgan fingerprint density at radius 2 is 2.27 bits per heavy atom. The zero-order valence-corrected chi connectivity index (χ0v) is 9.26. The van der Waals surface area contributed by atoms with E-state index >= 15 is 0 Å². The molecule has 1 aliphatic heterocycles. The maximum atomic E-state index is 11.1. The molecule has 0 aromatic heterocycles. The molecule has 0 bridgehead atoms. The summed E-state index contributed by atoms with van der Waals surface area (Å²) < 4.78 is 0. The highest BCUT2D eigenvalue weighted by molar-refractivity contribution is 7.80. The molecule has 1 aromatic carbocycles. The number of hydrogen-bond donors (Lipinski definition) is 2. The van der Waals surface area contributed by atoms with Crippen molar-refractivity contribution in [1.82, 2.24) is 0 Å². The lowest BCUT2D eigenvalue weighted by atomic mass is 10.0. The molecule has 1 aliphatic rings. The highest BCUT2D eigenvalue weighted by Gasteiger charge is 2.13. The zero-order valence-electron chi connectivity index (χ0n) is 8.36. The van der Waals surface area contributed by atoms with Crippen molar-refractivity contribution in [1.29, 1.82) is 0 Å². The summed E-state index contributed by atoms with van der Waals surface area (Å²) in [6, 6.07) is 6.09. The summed E-state index contributed by atoms with van der Waals surface area (Å²) in [5, 5.41) is 2.87. The fourth-order valence-corrected chi connectivity index (χ4v) is 1.80. The third-order valence-corrected chi connectivity index (χ3v) is 2.65. The van der Waals surface area contributed by atoms with Gasteiger partial charge in [0.25, 0.3) is 0 Å². The van der Waals surface area contributed by atoms with Crippen LogP contribution in [0.3, 0.4) is 0 Å². The molecule has 2 rings (SSSR count). The standard InChI is InChI=1S/C12H13NOS/c14-12-6-4-10-8-9(2-1-7-15)3-5-11(10)13-12/h1-3,5,8,15H,4,6-7H2,(H,13,14). The van der Waals surface area contributed by atoms with Crippen LogP contribution in [-0.2, 0) is 11.2 Å². The van der Waals surface area contributed by atoms with Gasteiger partial charge >= 0.3 is 0 Å². The van der Waals surface area contributed by atoms with Gasteiger partial charge in [0, 0.05) is 17.9 Å². The number of fused-ring (bicyclic) bond motifs is 1. The van der Waals surface area contributed by atoms with Gasteiger partial charge in [0.2, 0.25) is 5.91 Å². The third-order valence-electron chi connectivity index (χ3n) is 2.44. The van der Waals surface area contributed by atoms with E-state index in [1.165, 1.54) is 11.1 Å². The molecule has 1 N–H and O–H groups in total. The monoisotopic (exact) mass is 219 g/mol. The summed E-state index contributed by atoms with van der Waals surface area (Å²) in [6.07, 6.45) is 5.48. The maximum absolute atomic E-state index is 11.1. The van der Waals surface area contributed by atoms with Crippen molar-refractivity contribution < 1.29 is 4.79 Å². The molecule has 1 amide bonds. The number of anilines is 1. The van der Waals surface area contributed by atoms with Crippen LogP contribution in [0.2, 0.25) is 0 Å². The van der Waals surface area contributed by atoms with E-state index < -0.39 is 0 Å². The van der Waals surface area contributed by atoms with Crippen LogP contribution in [0.25, 0.3) is 6.08 Å². The molecule has 15 heavy (non-hydrogen) atoms. The number of carbonyl (C=O) groups is 1. The van der Waals surface area contributed by atoms with Gasteiger partial charge in [-0.25, -0.2) is 0 Å². The van der Waals surface area contributed by atoms with Crippen molar-refractivity contribution in [3.05, 3.63) is 35.4 Å². The third kappa shape index (κ3) is 2.42. The highest BCUT2D eigenvalue weighted by atomic mass is 32.1. The van der Waals surface area contributed by atoms with Gasteiger partial charge in [-0.2, -0.15) is 12.6 Å². The number of aryl methyl sites for hydroxylation is 1.